The molecule has 0 spiro atoms. The highest BCUT2D eigenvalue weighted by atomic mass is 19.4. The number of aryl methyl sites for hydroxylation is 2. The van der Waals surface area contributed by atoms with Gasteiger partial charge in [0.05, 0.1) is 12.8 Å². The quantitative estimate of drug-likeness (QED) is 0.263. The maximum absolute atomic E-state index is 14.6. The lowest BCUT2D eigenvalue weighted by Crippen LogP contribution is -2.44. The van der Waals surface area contributed by atoms with Gasteiger partial charge in [0.1, 0.15) is 53.1 Å². The van der Waals surface area contributed by atoms with E-state index in [-0.39, 0.29) is 33.9 Å². The van der Waals surface area contributed by atoms with Gasteiger partial charge in [0.2, 0.25) is 5.91 Å². The van der Waals surface area contributed by atoms with E-state index in [0.29, 0.717) is 10.9 Å². The number of halogens is 5. The molecule has 3 N–H and O–H groups in total. The highest BCUT2D eigenvalue weighted by Gasteiger charge is 2.50. The van der Waals surface area contributed by atoms with Crippen molar-refractivity contribution < 1.29 is 41.0 Å². The van der Waals surface area contributed by atoms with Crippen molar-refractivity contribution in [1.82, 2.24) is 15.3 Å². The van der Waals surface area contributed by atoms with Crippen LogP contribution in [-0.4, -0.2) is 54.9 Å². The second kappa shape index (κ2) is 11.4. The summed E-state index contributed by atoms with van der Waals surface area (Å²) >= 11 is 0. The van der Waals surface area contributed by atoms with Crippen molar-refractivity contribution >= 4 is 22.7 Å². The first-order valence-electron chi connectivity index (χ1n) is 13.4. The van der Waals surface area contributed by atoms with Gasteiger partial charge in [-0.25, -0.2) is 18.7 Å². The lowest BCUT2D eigenvalue weighted by atomic mass is 9.81. The Balaban J connectivity index is 1.56. The fourth-order valence-electron chi connectivity index (χ4n) is 5.11. The van der Waals surface area contributed by atoms with E-state index in [1.54, 1.807) is 6.07 Å². The summed E-state index contributed by atoms with van der Waals surface area (Å²) in [6, 6.07) is 10.3. The van der Waals surface area contributed by atoms with Crippen molar-refractivity contribution in [3.63, 3.8) is 0 Å². The van der Waals surface area contributed by atoms with Gasteiger partial charge in [-0.05, 0) is 67.9 Å². The molecule has 2 aromatic carbocycles. The van der Waals surface area contributed by atoms with Crippen LogP contribution in [0.15, 0.2) is 48.5 Å². The van der Waals surface area contributed by atoms with Crippen LogP contribution in [0.25, 0.3) is 22.2 Å². The van der Waals surface area contributed by atoms with E-state index in [1.807, 2.05) is 13.8 Å². The number of alkyl halides is 4. The molecule has 0 aliphatic carbocycles. The number of amides is 2. The number of aromatic nitrogens is 2. The minimum atomic E-state index is -4.95. The van der Waals surface area contributed by atoms with Crippen LogP contribution in [0, 0.1) is 19.7 Å². The van der Waals surface area contributed by atoms with Crippen LogP contribution in [0.1, 0.15) is 38.8 Å². The summed E-state index contributed by atoms with van der Waals surface area (Å²) in [5, 5.41) is 2.88. The van der Waals surface area contributed by atoms with E-state index in [2.05, 4.69) is 15.3 Å². The van der Waals surface area contributed by atoms with E-state index in [9.17, 15) is 31.5 Å². The molecule has 4 aromatic rings. The Morgan fingerprint density at radius 2 is 1.82 bits per heavy atom. The Hall–Kier alpha value is -4.81. The van der Waals surface area contributed by atoms with Crippen LogP contribution in [0.5, 0.6) is 11.5 Å². The van der Waals surface area contributed by atoms with Gasteiger partial charge in [-0.1, -0.05) is 0 Å². The van der Waals surface area contributed by atoms with Gasteiger partial charge in [0.25, 0.3) is 5.91 Å². The number of carbonyl (C=O) groups excluding carboxylic acids is 2. The average molecular weight is 615 g/mol. The molecule has 13 heteroatoms. The highest BCUT2D eigenvalue weighted by molar-refractivity contribution is 6.00. The molecule has 5 rings (SSSR count). The molecule has 0 unspecified atom stereocenters. The molecule has 0 bridgehead atoms. The van der Waals surface area contributed by atoms with Gasteiger partial charge in [-0.2, -0.15) is 13.2 Å². The number of nitrogens with one attached hydrogen (secondary N) is 1. The Morgan fingerprint density at radius 1 is 1.11 bits per heavy atom. The van der Waals surface area contributed by atoms with E-state index >= 15 is 0 Å². The monoisotopic (exact) mass is 614 g/mol. The minimum Gasteiger partial charge on any atom is -0.494 e. The molecule has 2 atom stereocenters. The zero-order chi connectivity index (χ0) is 32.0. The maximum atomic E-state index is 14.6. The number of rotatable bonds is 8. The molecule has 1 aliphatic heterocycles. The zero-order valence-corrected chi connectivity index (χ0v) is 23.8. The van der Waals surface area contributed by atoms with E-state index in [1.165, 1.54) is 31.4 Å². The topological polar surface area (TPSA) is 116 Å². The minimum absolute atomic E-state index is 0.0350. The number of hydrogen-bond acceptors (Lipinski definition) is 6. The van der Waals surface area contributed by atoms with E-state index < -0.39 is 60.7 Å². The summed E-state index contributed by atoms with van der Waals surface area (Å²) in [5.41, 5.74) is 4.73. The van der Waals surface area contributed by atoms with E-state index in [4.69, 9.17) is 15.2 Å². The van der Waals surface area contributed by atoms with Gasteiger partial charge in [-0.15, -0.1) is 0 Å². The van der Waals surface area contributed by atoms with Gasteiger partial charge >= 0.3 is 6.18 Å². The van der Waals surface area contributed by atoms with E-state index in [0.717, 1.165) is 29.5 Å². The van der Waals surface area contributed by atoms with Crippen molar-refractivity contribution in [3.05, 3.63) is 82.4 Å². The first-order valence-corrected chi connectivity index (χ1v) is 13.4. The lowest BCUT2D eigenvalue weighted by Gasteiger charge is -2.24. The molecular formula is C31H27F5N4O4. The molecule has 44 heavy (non-hydrogen) atoms. The third kappa shape index (κ3) is 5.38. The Labute approximate surface area is 248 Å². The van der Waals surface area contributed by atoms with Crippen molar-refractivity contribution in [1.29, 1.82) is 0 Å². The Kier molecular flexibility index (Phi) is 7.91. The summed E-state index contributed by atoms with van der Waals surface area (Å²) in [6.45, 7) is 0.793. The molecule has 2 amide bonds. The summed E-state index contributed by atoms with van der Waals surface area (Å²) in [4.78, 5) is 34.2. The summed E-state index contributed by atoms with van der Waals surface area (Å²) in [6.07, 6.45) is -4.95. The standard InChI is InChI=1S/C31H27F5N4O4/c1-15-8-18-9-19(10-24(43-3)25(18)39-16(15)2)28(41)38-12-22(31(34,35)36)23-11-21-27(44-14-30(21,13-32)29(37)42)26(40-23)17-4-6-20(33)7-5-17/h4-11,22H,12-14H2,1-3H3,(H2,37,42)(H,38,41)/t22-,30+/m1/s1. The number of nitrogens with two attached hydrogens (primary N) is 1. The maximum Gasteiger partial charge on any atom is 0.398 e. The molecule has 8 nitrogen and oxygen atoms in total. The van der Waals surface area contributed by atoms with Gasteiger partial charge in [-0.3, -0.25) is 9.59 Å². The van der Waals surface area contributed by atoms with Crippen molar-refractivity contribution in [2.75, 3.05) is 26.9 Å². The molecule has 0 radical (unpaired) electrons. The molecule has 0 saturated carbocycles. The number of carbonyl (C=O) groups is 2. The summed E-state index contributed by atoms with van der Waals surface area (Å²) in [5.74, 6) is -4.83. The normalized spacial score (nSPS) is 16.7. The molecule has 230 valence electrons. The number of hydrogen-bond donors (Lipinski definition) is 2. The average Bonchev–Trinajstić information content (AvgIpc) is 3.36. The number of methoxy groups -OCH3 is 1. The lowest BCUT2D eigenvalue weighted by molar-refractivity contribution is -0.149. The third-order valence-electron chi connectivity index (χ3n) is 7.82. The number of primary amides is 1. The van der Waals surface area contributed by atoms with Gasteiger partial charge < -0.3 is 20.5 Å². The Bertz CT molecular complexity index is 1780. The smallest absolute Gasteiger partial charge is 0.398 e. The third-order valence-corrected chi connectivity index (χ3v) is 7.82. The predicted molar refractivity (Wildman–Crippen MR) is 151 cm³/mol. The molecule has 3 heterocycles. The SMILES string of the molecule is COc1cc(C(=O)NC[C@H](c2cc3c(c(-c4ccc(F)cc4)n2)OC[C@]3(CF)C(N)=O)C(F)(F)F)cc2cc(C)c(C)nc12. The van der Waals surface area contributed by atoms with Crippen LogP contribution < -0.4 is 20.5 Å². The van der Waals surface area contributed by atoms with Gasteiger partial charge in [0, 0.05) is 34.3 Å². The first-order chi connectivity index (χ1) is 20.8. The Morgan fingerprint density at radius 3 is 2.43 bits per heavy atom. The highest BCUT2D eigenvalue weighted by Crippen LogP contribution is 2.47. The van der Waals surface area contributed by atoms with Crippen LogP contribution in [0.3, 0.4) is 0 Å². The second-order valence-corrected chi connectivity index (χ2v) is 10.6. The van der Waals surface area contributed by atoms with Crippen LogP contribution in [0.4, 0.5) is 22.0 Å². The fourth-order valence-corrected chi connectivity index (χ4v) is 5.11. The van der Waals surface area contributed by atoms with Crippen LogP contribution in [-0.2, 0) is 10.2 Å². The number of nitrogens with zero attached hydrogens (tertiary/aromatic N) is 2. The fraction of sp³-hybridized carbons (Fsp3) is 0.290. The van der Waals surface area contributed by atoms with Crippen molar-refractivity contribution in [2.45, 2.75) is 31.4 Å². The first kappa shape index (κ1) is 30.6. The van der Waals surface area contributed by atoms with Gasteiger partial charge in [0.15, 0.2) is 0 Å². The molecular weight excluding hydrogens is 587 g/mol. The zero-order valence-electron chi connectivity index (χ0n) is 23.8. The summed E-state index contributed by atoms with van der Waals surface area (Å²) < 4.78 is 82.7. The number of fused-ring (bicyclic) bond motifs is 2. The van der Waals surface area contributed by atoms with Crippen LogP contribution in [0.2, 0.25) is 0 Å². The second-order valence-electron chi connectivity index (χ2n) is 10.6. The summed E-state index contributed by atoms with van der Waals surface area (Å²) in [7, 11) is 1.39. The van der Waals surface area contributed by atoms with Crippen molar-refractivity contribution in [2.24, 2.45) is 5.73 Å². The number of benzene rings is 2. The van der Waals surface area contributed by atoms with Crippen molar-refractivity contribution in [3.8, 4) is 22.8 Å². The predicted octanol–water partition coefficient (Wildman–Crippen LogP) is 5.22. The van der Waals surface area contributed by atoms with Crippen LogP contribution >= 0.6 is 0 Å². The molecule has 2 aromatic heterocycles. The number of ether oxygens (including phenoxy) is 2. The number of pyridine rings is 2. The molecule has 0 fully saturated rings. The molecule has 1 aliphatic rings. The molecule has 0 saturated heterocycles. The largest absolute Gasteiger partial charge is 0.494 e.